The van der Waals surface area contributed by atoms with Gasteiger partial charge in [-0.25, -0.2) is 0 Å². The van der Waals surface area contributed by atoms with Gasteiger partial charge >= 0.3 is 0 Å². The number of hydrogen-bond donors (Lipinski definition) is 0. The molecule has 0 N–H and O–H groups in total. The van der Waals surface area contributed by atoms with Crippen molar-refractivity contribution in [2.45, 2.75) is 13.8 Å². The molecule has 0 fully saturated rings. The normalized spacial score (nSPS) is 11.2. The summed E-state index contributed by atoms with van der Waals surface area (Å²) < 4.78 is 2.11. The number of aryl methyl sites for hydroxylation is 1. The van der Waals surface area contributed by atoms with Crippen LogP contribution in [0.1, 0.15) is 11.1 Å². The fourth-order valence-corrected chi connectivity index (χ4v) is 4.34. The molecule has 112 valence electrons. The molecule has 2 heteroatoms. The smallest absolute Gasteiger partial charge is 0.196 e. The van der Waals surface area contributed by atoms with Crippen LogP contribution in [0.3, 0.4) is 0 Å². The molecule has 0 aliphatic rings. The van der Waals surface area contributed by atoms with E-state index < -0.39 is 0 Å². The van der Waals surface area contributed by atoms with Gasteiger partial charge in [-0.1, -0.05) is 42.5 Å². The van der Waals surface area contributed by atoms with E-state index >= 15 is 0 Å². The van der Waals surface area contributed by atoms with E-state index in [9.17, 15) is 4.79 Å². The van der Waals surface area contributed by atoms with Crippen molar-refractivity contribution in [3.05, 3.63) is 82.0 Å². The largest absolute Gasteiger partial charge is 0.288 e. The van der Waals surface area contributed by atoms with Crippen molar-refractivity contribution in [3.8, 4) is 11.1 Å². The van der Waals surface area contributed by atoms with Gasteiger partial charge in [0.05, 0.1) is 0 Å². The number of fused-ring (bicyclic) bond motifs is 2. The fraction of sp³-hybridized carbons (Fsp3) is 0.0952. The third kappa shape index (κ3) is 2.18. The van der Waals surface area contributed by atoms with Crippen LogP contribution in [0.2, 0.25) is 0 Å². The van der Waals surface area contributed by atoms with Crippen molar-refractivity contribution >= 4 is 31.5 Å². The lowest BCUT2D eigenvalue weighted by Gasteiger charge is -2.13. The van der Waals surface area contributed by atoms with Crippen LogP contribution in [-0.4, -0.2) is 0 Å². The minimum Gasteiger partial charge on any atom is -0.288 e. The molecule has 1 aromatic heterocycles. The maximum absolute atomic E-state index is 12.9. The lowest BCUT2D eigenvalue weighted by atomic mass is 9.94. The summed E-state index contributed by atoms with van der Waals surface area (Å²) in [6.45, 7) is 4.17. The number of rotatable bonds is 1. The van der Waals surface area contributed by atoms with Gasteiger partial charge in [0.15, 0.2) is 5.43 Å². The van der Waals surface area contributed by atoms with Gasteiger partial charge in [-0.2, -0.15) is 0 Å². The quantitative estimate of drug-likeness (QED) is 0.412. The molecule has 3 aromatic carbocycles. The molecule has 0 radical (unpaired) electrons. The molecule has 0 unspecified atom stereocenters. The Balaban J connectivity index is 2.16. The van der Waals surface area contributed by atoms with E-state index in [-0.39, 0.29) is 5.43 Å². The Morgan fingerprint density at radius 1 is 0.783 bits per heavy atom. The molecule has 4 aromatic rings. The summed E-state index contributed by atoms with van der Waals surface area (Å²) in [6.07, 6.45) is 0. The molecule has 0 saturated carbocycles. The second-order valence-electron chi connectivity index (χ2n) is 5.84. The maximum Gasteiger partial charge on any atom is 0.196 e. The average molecular weight is 316 g/mol. The maximum atomic E-state index is 12.9. The minimum absolute atomic E-state index is 0.148. The zero-order valence-electron chi connectivity index (χ0n) is 13.1. The zero-order chi connectivity index (χ0) is 16.0. The SMILES string of the molecule is Cc1c(-c2ccccc2)cc2sc3ccccc3c(=O)c2c1C. The average Bonchev–Trinajstić information content (AvgIpc) is 2.59. The third-order valence-electron chi connectivity index (χ3n) is 4.53. The summed E-state index contributed by atoms with van der Waals surface area (Å²) in [5, 5.41) is 1.69. The van der Waals surface area contributed by atoms with E-state index in [1.807, 2.05) is 30.3 Å². The van der Waals surface area contributed by atoms with Gasteiger partial charge in [-0.05, 0) is 54.3 Å². The predicted octanol–water partition coefficient (Wildman–Crippen LogP) is 5.70. The van der Waals surface area contributed by atoms with Crippen LogP contribution in [0.25, 0.3) is 31.3 Å². The highest BCUT2D eigenvalue weighted by molar-refractivity contribution is 7.24. The fourth-order valence-electron chi connectivity index (χ4n) is 3.16. The molecule has 23 heavy (non-hydrogen) atoms. The lowest BCUT2D eigenvalue weighted by Crippen LogP contribution is -2.04. The van der Waals surface area contributed by atoms with Crippen LogP contribution in [0.5, 0.6) is 0 Å². The topological polar surface area (TPSA) is 17.1 Å². The Morgan fingerprint density at radius 3 is 2.26 bits per heavy atom. The lowest BCUT2D eigenvalue weighted by molar-refractivity contribution is 1.38. The van der Waals surface area contributed by atoms with Gasteiger partial charge in [0, 0.05) is 20.2 Å². The summed E-state index contributed by atoms with van der Waals surface area (Å²) >= 11 is 1.70. The summed E-state index contributed by atoms with van der Waals surface area (Å²) in [4.78, 5) is 12.9. The van der Waals surface area contributed by atoms with Gasteiger partial charge in [-0.15, -0.1) is 11.3 Å². The van der Waals surface area contributed by atoms with Crippen molar-refractivity contribution < 1.29 is 0 Å². The predicted molar refractivity (Wildman–Crippen MR) is 101 cm³/mol. The monoisotopic (exact) mass is 316 g/mol. The Kier molecular flexibility index (Phi) is 3.28. The molecule has 4 rings (SSSR count). The molecular weight excluding hydrogens is 300 g/mol. The van der Waals surface area contributed by atoms with Gasteiger partial charge in [-0.3, -0.25) is 4.79 Å². The standard InChI is InChI=1S/C21H16OS/c1-13-14(2)20-19(12-17(13)15-8-4-3-5-9-15)23-18-11-7-6-10-16(18)21(20)22/h3-12H,1-2H3. The van der Waals surface area contributed by atoms with Gasteiger partial charge in [0.1, 0.15) is 0 Å². The van der Waals surface area contributed by atoms with Crippen molar-refractivity contribution in [2.24, 2.45) is 0 Å². The number of benzene rings is 3. The molecule has 0 aliphatic heterocycles. The molecule has 0 amide bonds. The zero-order valence-corrected chi connectivity index (χ0v) is 13.9. The molecule has 1 heterocycles. The van der Waals surface area contributed by atoms with Gasteiger partial charge < -0.3 is 0 Å². The third-order valence-corrected chi connectivity index (χ3v) is 5.64. The van der Waals surface area contributed by atoms with Crippen LogP contribution in [-0.2, 0) is 0 Å². The highest BCUT2D eigenvalue weighted by Crippen LogP contribution is 2.34. The van der Waals surface area contributed by atoms with Crippen molar-refractivity contribution in [2.75, 3.05) is 0 Å². The van der Waals surface area contributed by atoms with Crippen molar-refractivity contribution in [3.63, 3.8) is 0 Å². The van der Waals surface area contributed by atoms with Crippen LogP contribution in [0.4, 0.5) is 0 Å². The first kappa shape index (κ1) is 14.2. The highest BCUT2D eigenvalue weighted by atomic mass is 32.1. The van der Waals surface area contributed by atoms with Crippen molar-refractivity contribution in [1.29, 1.82) is 0 Å². The van der Waals surface area contributed by atoms with E-state index in [2.05, 4.69) is 44.2 Å². The summed E-state index contributed by atoms with van der Waals surface area (Å²) in [6, 6.07) is 20.4. The second-order valence-corrected chi connectivity index (χ2v) is 6.92. The second kappa shape index (κ2) is 5.32. The van der Waals surface area contributed by atoms with Crippen LogP contribution >= 0.6 is 11.3 Å². The molecule has 0 bridgehead atoms. The Hall–Kier alpha value is -2.45. The molecule has 0 saturated heterocycles. The first-order valence-corrected chi connectivity index (χ1v) is 8.49. The van der Waals surface area contributed by atoms with E-state index in [4.69, 9.17) is 0 Å². The summed E-state index contributed by atoms with van der Waals surface area (Å²) in [7, 11) is 0. The molecular formula is C21H16OS. The van der Waals surface area contributed by atoms with E-state index in [1.165, 1.54) is 16.7 Å². The summed E-state index contributed by atoms with van der Waals surface area (Å²) in [5.74, 6) is 0. The van der Waals surface area contributed by atoms with Crippen LogP contribution < -0.4 is 5.43 Å². The van der Waals surface area contributed by atoms with Crippen molar-refractivity contribution in [1.82, 2.24) is 0 Å². The van der Waals surface area contributed by atoms with E-state index in [1.54, 1.807) is 11.3 Å². The Bertz CT molecular complexity index is 1090. The summed E-state index contributed by atoms with van der Waals surface area (Å²) in [5.41, 5.74) is 4.83. The first-order valence-electron chi connectivity index (χ1n) is 7.68. The van der Waals surface area contributed by atoms with Crippen LogP contribution in [0.15, 0.2) is 65.5 Å². The Morgan fingerprint density at radius 2 is 1.48 bits per heavy atom. The van der Waals surface area contributed by atoms with Crippen LogP contribution in [0, 0.1) is 13.8 Å². The van der Waals surface area contributed by atoms with E-state index in [0.29, 0.717) is 0 Å². The first-order chi connectivity index (χ1) is 11.2. The van der Waals surface area contributed by atoms with Gasteiger partial charge in [0.25, 0.3) is 0 Å². The molecule has 1 nitrogen and oxygen atoms in total. The van der Waals surface area contributed by atoms with Gasteiger partial charge in [0.2, 0.25) is 0 Å². The molecule has 0 atom stereocenters. The molecule has 0 spiro atoms. The molecule has 0 aliphatic carbocycles. The Labute approximate surface area is 138 Å². The van der Waals surface area contributed by atoms with E-state index in [0.717, 1.165) is 25.7 Å². The highest BCUT2D eigenvalue weighted by Gasteiger charge is 2.13. The number of hydrogen-bond acceptors (Lipinski definition) is 2. The minimum atomic E-state index is 0.148.